The van der Waals surface area contributed by atoms with E-state index in [1.807, 2.05) is 55.5 Å². The molecule has 0 aromatic heterocycles. The van der Waals surface area contributed by atoms with Crippen LogP contribution in [0, 0.1) is 10.5 Å². The highest BCUT2D eigenvalue weighted by molar-refractivity contribution is 14.1. The summed E-state index contributed by atoms with van der Waals surface area (Å²) in [6, 6.07) is 15.2. The summed E-state index contributed by atoms with van der Waals surface area (Å²) in [7, 11) is 0. The number of carbonyl (C=O) groups excluding carboxylic acids is 1. The van der Waals surface area contributed by atoms with Gasteiger partial charge in [0.2, 0.25) is 0 Å². The van der Waals surface area contributed by atoms with Crippen LogP contribution >= 0.6 is 22.6 Å². The second kappa shape index (κ2) is 6.74. The summed E-state index contributed by atoms with van der Waals surface area (Å²) in [5, 5.41) is 2.89. The van der Waals surface area contributed by atoms with Gasteiger partial charge in [-0.05, 0) is 72.3 Å². The van der Waals surface area contributed by atoms with Crippen LogP contribution in [0.15, 0.2) is 48.5 Å². The molecule has 0 fully saturated rings. The first-order chi connectivity index (χ1) is 9.56. The number of ether oxygens (including phenoxy) is 1. The first kappa shape index (κ1) is 14.8. The number of para-hydroxylation sites is 1. The summed E-state index contributed by atoms with van der Waals surface area (Å²) >= 11 is 2.25. The van der Waals surface area contributed by atoms with Gasteiger partial charge in [-0.25, -0.2) is 0 Å². The molecule has 1 atom stereocenters. The minimum atomic E-state index is -0.545. The average Bonchev–Trinajstić information content (AvgIpc) is 2.43. The van der Waals surface area contributed by atoms with Gasteiger partial charge in [-0.2, -0.15) is 0 Å². The van der Waals surface area contributed by atoms with Gasteiger partial charge in [-0.1, -0.05) is 18.2 Å². The Morgan fingerprint density at radius 2 is 1.90 bits per heavy atom. The molecule has 3 nitrogen and oxygen atoms in total. The molecule has 0 radical (unpaired) electrons. The van der Waals surface area contributed by atoms with Crippen LogP contribution in [0.3, 0.4) is 0 Å². The van der Waals surface area contributed by atoms with Crippen molar-refractivity contribution in [2.24, 2.45) is 0 Å². The van der Waals surface area contributed by atoms with E-state index in [0.29, 0.717) is 5.75 Å². The maximum Gasteiger partial charge on any atom is 0.265 e. The molecular weight excluding hydrogens is 365 g/mol. The second-order valence-corrected chi connectivity index (χ2v) is 5.77. The van der Waals surface area contributed by atoms with Gasteiger partial charge in [0.25, 0.3) is 5.91 Å². The zero-order valence-corrected chi connectivity index (χ0v) is 13.5. The maximum atomic E-state index is 12.1. The van der Waals surface area contributed by atoms with E-state index >= 15 is 0 Å². The lowest BCUT2D eigenvalue weighted by molar-refractivity contribution is -0.122. The van der Waals surface area contributed by atoms with Crippen molar-refractivity contribution < 1.29 is 9.53 Å². The Bertz CT molecular complexity index is 599. The van der Waals surface area contributed by atoms with Crippen molar-refractivity contribution in [2.75, 3.05) is 5.32 Å². The SMILES string of the molecule is Cc1cc(I)ccc1NC(=O)C(C)Oc1ccccc1. The van der Waals surface area contributed by atoms with Crippen LogP contribution in [0.25, 0.3) is 0 Å². The maximum absolute atomic E-state index is 12.1. The number of anilines is 1. The molecule has 104 valence electrons. The van der Waals surface area contributed by atoms with Crippen molar-refractivity contribution in [1.29, 1.82) is 0 Å². The van der Waals surface area contributed by atoms with Gasteiger partial charge in [0.05, 0.1) is 0 Å². The number of rotatable bonds is 4. The Morgan fingerprint density at radius 3 is 2.55 bits per heavy atom. The number of halogens is 1. The summed E-state index contributed by atoms with van der Waals surface area (Å²) in [6.45, 7) is 3.71. The molecule has 20 heavy (non-hydrogen) atoms. The minimum Gasteiger partial charge on any atom is -0.481 e. The molecule has 0 heterocycles. The minimum absolute atomic E-state index is 0.154. The molecule has 4 heteroatoms. The van der Waals surface area contributed by atoms with Gasteiger partial charge in [-0.3, -0.25) is 4.79 Å². The predicted molar refractivity (Wildman–Crippen MR) is 89.1 cm³/mol. The highest BCUT2D eigenvalue weighted by Crippen LogP contribution is 2.18. The van der Waals surface area contributed by atoms with Gasteiger partial charge in [0, 0.05) is 9.26 Å². The lowest BCUT2D eigenvalue weighted by Gasteiger charge is -2.15. The van der Waals surface area contributed by atoms with E-state index in [-0.39, 0.29) is 5.91 Å². The molecule has 2 aromatic carbocycles. The summed E-state index contributed by atoms with van der Waals surface area (Å²) in [5.41, 5.74) is 1.86. The van der Waals surface area contributed by atoms with Gasteiger partial charge in [0.15, 0.2) is 6.10 Å². The van der Waals surface area contributed by atoms with E-state index < -0.39 is 6.10 Å². The largest absolute Gasteiger partial charge is 0.481 e. The lowest BCUT2D eigenvalue weighted by atomic mass is 10.2. The fraction of sp³-hybridized carbons (Fsp3) is 0.188. The Labute approximate surface area is 132 Å². The van der Waals surface area contributed by atoms with E-state index in [0.717, 1.165) is 14.8 Å². The number of hydrogen-bond donors (Lipinski definition) is 1. The van der Waals surface area contributed by atoms with Crippen LogP contribution in [0.5, 0.6) is 5.75 Å². The summed E-state index contributed by atoms with van der Waals surface area (Å²) < 4.78 is 6.74. The Hall–Kier alpha value is -1.56. The van der Waals surface area contributed by atoms with Crippen LogP contribution in [-0.2, 0) is 4.79 Å². The number of benzene rings is 2. The number of amides is 1. The molecule has 1 unspecified atom stereocenters. The van der Waals surface area contributed by atoms with Crippen LogP contribution in [0.2, 0.25) is 0 Å². The van der Waals surface area contributed by atoms with E-state index in [9.17, 15) is 4.79 Å². The second-order valence-electron chi connectivity index (χ2n) is 4.52. The fourth-order valence-corrected chi connectivity index (χ4v) is 2.41. The molecule has 0 aliphatic carbocycles. The first-order valence-corrected chi connectivity index (χ1v) is 7.43. The molecule has 0 bridgehead atoms. The fourth-order valence-electron chi connectivity index (χ4n) is 1.76. The third-order valence-electron chi connectivity index (χ3n) is 2.87. The Morgan fingerprint density at radius 1 is 1.20 bits per heavy atom. The third-order valence-corrected chi connectivity index (χ3v) is 3.54. The van der Waals surface area contributed by atoms with E-state index in [1.165, 1.54) is 0 Å². The molecule has 0 saturated heterocycles. The van der Waals surface area contributed by atoms with Crippen molar-refractivity contribution in [3.05, 3.63) is 57.7 Å². The van der Waals surface area contributed by atoms with Crippen molar-refractivity contribution in [3.63, 3.8) is 0 Å². The molecule has 0 aliphatic heterocycles. The Kier molecular flexibility index (Phi) is 5.00. The lowest BCUT2D eigenvalue weighted by Crippen LogP contribution is -2.30. The van der Waals surface area contributed by atoms with Crippen LogP contribution in [0.1, 0.15) is 12.5 Å². The molecule has 0 spiro atoms. The van der Waals surface area contributed by atoms with Gasteiger partial charge >= 0.3 is 0 Å². The van der Waals surface area contributed by atoms with Crippen molar-refractivity contribution in [2.45, 2.75) is 20.0 Å². The van der Waals surface area contributed by atoms with Gasteiger partial charge < -0.3 is 10.1 Å². The molecule has 1 amide bonds. The summed E-state index contributed by atoms with van der Waals surface area (Å²) in [6.07, 6.45) is -0.545. The van der Waals surface area contributed by atoms with E-state index in [2.05, 4.69) is 27.9 Å². The topological polar surface area (TPSA) is 38.3 Å². The zero-order valence-electron chi connectivity index (χ0n) is 11.4. The van der Waals surface area contributed by atoms with Gasteiger partial charge in [-0.15, -0.1) is 0 Å². The van der Waals surface area contributed by atoms with Crippen molar-refractivity contribution in [3.8, 4) is 5.75 Å². The van der Waals surface area contributed by atoms with E-state index in [1.54, 1.807) is 6.92 Å². The summed E-state index contributed by atoms with van der Waals surface area (Å²) in [4.78, 5) is 12.1. The Balaban J connectivity index is 2.01. The number of aryl methyl sites for hydroxylation is 1. The van der Waals surface area contributed by atoms with Gasteiger partial charge in [0.1, 0.15) is 5.75 Å². The predicted octanol–water partition coefficient (Wildman–Crippen LogP) is 4.01. The number of nitrogens with one attached hydrogen (secondary N) is 1. The molecule has 1 N–H and O–H groups in total. The molecule has 2 aromatic rings. The van der Waals surface area contributed by atoms with Crippen LogP contribution in [-0.4, -0.2) is 12.0 Å². The highest BCUT2D eigenvalue weighted by Gasteiger charge is 2.15. The standard InChI is InChI=1S/C16H16INO2/c1-11-10-13(17)8-9-15(11)18-16(19)12(2)20-14-6-4-3-5-7-14/h3-10,12H,1-2H3,(H,18,19). The molecule has 0 aliphatic rings. The number of hydrogen-bond acceptors (Lipinski definition) is 2. The summed E-state index contributed by atoms with van der Waals surface area (Å²) in [5.74, 6) is 0.535. The molecule has 2 rings (SSSR count). The average molecular weight is 381 g/mol. The molecular formula is C16H16INO2. The van der Waals surface area contributed by atoms with Crippen molar-refractivity contribution >= 4 is 34.2 Å². The third kappa shape index (κ3) is 3.96. The smallest absolute Gasteiger partial charge is 0.265 e. The van der Waals surface area contributed by atoms with Crippen molar-refractivity contribution in [1.82, 2.24) is 0 Å². The number of carbonyl (C=O) groups is 1. The van der Waals surface area contributed by atoms with Crippen LogP contribution < -0.4 is 10.1 Å². The molecule has 0 saturated carbocycles. The normalized spacial score (nSPS) is 11.8. The first-order valence-electron chi connectivity index (χ1n) is 6.35. The zero-order chi connectivity index (χ0) is 14.5. The quantitative estimate of drug-likeness (QED) is 0.813. The van der Waals surface area contributed by atoms with E-state index in [4.69, 9.17) is 4.74 Å². The van der Waals surface area contributed by atoms with Crippen LogP contribution in [0.4, 0.5) is 5.69 Å². The highest BCUT2D eigenvalue weighted by atomic mass is 127. The monoisotopic (exact) mass is 381 g/mol.